The fourth-order valence-corrected chi connectivity index (χ4v) is 1.43. The van der Waals surface area contributed by atoms with Crippen LogP contribution >= 0.6 is 0 Å². The Bertz CT molecular complexity index is 162. The smallest absolute Gasteiger partial charge is 0.136 e. The van der Waals surface area contributed by atoms with Crippen molar-refractivity contribution >= 4 is 6.29 Å². The van der Waals surface area contributed by atoms with Gasteiger partial charge in [-0.15, -0.1) is 0 Å². The van der Waals surface area contributed by atoms with Crippen molar-refractivity contribution < 1.29 is 9.53 Å². The Morgan fingerprint density at radius 1 is 1.50 bits per heavy atom. The fourth-order valence-electron chi connectivity index (χ4n) is 1.43. The maximum absolute atomic E-state index is 10.4. The van der Waals surface area contributed by atoms with Crippen molar-refractivity contribution in [1.29, 1.82) is 0 Å². The maximum Gasteiger partial charge on any atom is 0.136 e. The summed E-state index contributed by atoms with van der Waals surface area (Å²) in [7, 11) is 0. The standard InChI is InChI=1S/C9H17NO2/c1-9(2,3)12-8-4-7(6-11)10-5-8/h6-8,10H,4-5H2,1-3H3/t7-,8+/m0/s1. The Balaban J connectivity index is 2.33. The van der Waals surface area contributed by atoms with E-state index in [1.807, 2.05) is 20.8 Å². The molecule has 0 radical (unpaired) electrons. The molecule has 3 nitrogen and oxygen atoms in total. The van der Waals surface area contributed by atoms with Gasteiger partial charge in [-0.25, -0.2) is 0 Å². The molecule has 2 atom stereocenters. The van der Waals surface area contributed by atoms with Gasteiger partial charge in [-0.05, 0) is 27.2 Å². The minimum absolute atomic E-state index is 0.00245. The molecule has 1 saturated heterocycles. The summed E-state index contributed by atoms with van der Waals surface area (Å²) in [4.78, 5) is 10.4. The SMILES string of the molecule is CC(C)(C)O[C@H]1CN[C@H](C=O)C1. The molecule has 0 aromatic heterocycles. The number of nitrogens with one attached hydrogen (secondary N) is 1. The molecule has 0 saturated carbocycles. The second kappa shape index (κ2) is 3.54. The molecule has 1 aliphatic rings. The number of aldehydes is 1. The lowest BCUT2D eigenvalue weighted by atomic mass is 10.1. The molecule has 1 fully saturated rings. The van der Waals surface area contributed by atoms with E-state index in [9.17, 15) is 4.79 Å². The Labute approximate surface area is 73.5 Å². The quantitative estimate of drug-likeness (QED) is 0.622. The molecular formula is C9H17NO2. The third-order valence-electron chi connectivity index (χ3n) is 1.81. The van der Waals surface area contributed by atoms with E-state index in [1.54, 1.807) is 0 Å². The van der Waals surface area contributed by atoms with Crippen LogP contribution in [0.1, 0.15) is 27.2 Å². The topological polar surface area (TPSA) is 38.3 Å². The van der Waals surface area contributed by atoms with Crippen LogP contribution in [0.15, 0.2) is 0 Å². The summed E-state index contributed by atoms with van der Waals surface area (Å²) in [5.74, 6) is 0. The second-order valence-corrected chi connectivity index (χ2v) is 4.24. The van der Waals surface area contributed by atoms with Crippen LogP contribution in [-0.2, 0) is 9.53 Å². The minimum atomic E-state index is -0.107. The fraction of sp³-hybridized carbons (Fsp3) is 0.889. The van der Waals surface area contributed by atoms with Gasteiger partial charge in [0, 0.05) is 6.54 Å². The number of carbonyl (C=O) groups is 1. The largest absolute Gasteiger partial charge is 0.371 e. The number of hydrogen-bond donors (Lipinski definition) is 1. The first-order chi connectivity index (χ1) is 5.51. The van der Waals surface area contributed by atoms with Gasteiger partial charge in [0.1, 0.15) is 6.29 Å². The molecule has 0 unspecified atom stereocenters. The van der Waals surface area contributed by atoms with Gasteiger partial charge in [0.05, 0.1) is 17.7 Å². The van der Waals surface area contributed by atoms with Crippen molar-refractivity contribution in [3.63, 3.8) is 0 Å². The lowest BCUT2D eigenvalue weighted by molar-refractivity contribution is -0.109. The summed E-state index contributed by atoms with van der Waals surface area (Å²) in [6.07, 6.45) is 1.95. The molecular weight excluding hydrogens is 154 g/mol. The summed E-state index contributed by atoms with van der Waals surface area (Å²) >= 11 is 0. The van der Waals surface area contributed by atoms with Crippen molar-refractivity contribution in [3.05, 3.63) is 0 Å². The van der Waals surface area contributed by atoms with Crippen LogP contribution in [0.5, 0.6) is 0 Å². The van der Waals surface area contributed by atoms with E-state index in [2.05, 4.69) is 5.32 Å². The van der Waals surface area contributed by atoms with E-state index >= 15 is 0 Å². The second-order valence-electron chi connectivity index (χ2n) is 4.24. The average molecular weight is 171 g/mol. The van der Waals surface area contributed by atoms with Crippen LogP contribution in [0, 0.1) is 0 Å². The molecule has 0 amide bonds. The highest BCUT2D eigenvalue weighted by Gasteiger charge is 2.27. The van der Waals surface area contributed by atoms with Crippen molar-refractivity contribution in [2.45, 2.75) is 44.9 Å². The molecule has 3 heteroatoms. The Kier molecular flexibility index (Phi) is 2.85. The van der Waals surface area contributed by atoms with E-state index in [0.717, 1.165) is 19.3 Å². The van der Waals surface area contributed by atoms with Gasteiger partial charge in [-0.2, -0.15) is 0 Å². The highest BCUT2D eigenvalue weighted by Crippen LogP contribution is 2.16. The molecule has 1 aliphatic heterocycles. The van der Waals surface area contributed by atoms with Gasteiger partial charge in [-0.1, -0.05) is 0 Å². The summed E-state index contributed by atoms with van der Waals surface area (Å²) in [6, 6.07) is -0.00245. The predicted octanol–water partition coefficient (Wildman–Crippen LogP) is 0.731. The summed E-state index contributed by atoms with van der Waals surface area (Å²) in [5.41, 5.74) is -0.107. The molecule has 1 N–H and O–H groups in total. The van der Waals surface area contributed by atoms with Gasteiger partial charge >= 0.3 is 0 Å². The first-order valence-electron chi connectivity index (χ1n) is 4.38. The molecule has 70 valence electrons. The Morgan fingerprint density at radius 3 is 2.58 bits per heavy atom. The van der Waals surface area contributed by atoms with Gasteiger partial charge in [0.25, 0.3) is 0 Å². The van der Waals surface area contributed by atoms with E-state index in [4.69, 9.17) is 4.74 Å². The molecule has 1 rings (SSSR count). The monoisotopic (exact) mass is 171 g/mol. The number of rotatable bonds is 2. The van der Waals surface area contributed by atoms with E-state index in [-0.39, 0.29) is 17.7 Å². The molecule has 12 heavy (non-hydrogen) atoms. The first-order valence-corrected chi connectivity index (χ1v) is 4.38. The van der Waals surface area contributed by atoms with Crippen LogP contribution in [0.4, 0.5) is 0 Å². The summed E-state index contributed by atoms with van der Waals surface area (Å²) in [5, 5.41) is 3.09. The maximum atomic E-state index is 10.4. The Morgan fingerprint density at radius 2 is 2.17 bits per heavy atom. The lowest BCUT2D eigenvalue weighted by Crippen LogP contribution is -2.28. The normalized spacial score (nSPS) is 30.6. The van der Waals surface area contributed by atoms with Crippen molar-refractivity contribution in [1.82, 2.24) is 5.32 Å². The molecule has 0 spiro atoms. The van der Waals surface area contributed by atoms with Crippen molar-refractivity contribution in [2.75, 3.05) is 6.54 Å². The molecule has 0 bridgehead atoms. The van der Waals surface area contributed by atoms with Crippen molar-refractivity contribution in [2.24, 2.45) is 0 Å². The summed E-state index contributed by atoms with van der Waals surface area (Å²) < 4.78 is 5.71. The zero-order chi connectivity index (χ0) is 9.19. The van der Waals surface area contributed by atoms with Gasteiger partial charge in [-0.3, -0.25) is 0 Å². The zero-order valence-electron chi connectivity index (χ0n) is 7.96. The van der Waals surface area contributed by atoms with Crippen molar-refractivity contribution in [3.8, 4) is 0 Å². The number of carbonyl (C=O) groups excluding carboxylic acids is 1. The van der Waals surface area contributed by atoms with Crippen LogP contribution in [0.3, 0.4) is 0 Å². The van der Waals surface area contributed by atoms with Crippen LogP contribution in [-0.4, -0.2) is 30.6 Å². The van der Waals surface area contributed by atoms with Crippen LogP contribution in [0.25, 0.3) is 0 Å². The van der Waals surface area contributed by atoms with Gasteiger partial charge < -0.3 is 14.8 Å². The average Bonchev–Trinajstić information content (AvgIpc) is 2.32. The minimum Gasteiger partial charge on any atom is -0.371 e. The highest BCUT2D eigenvalue weighted by atomic mass is 16.5. The first kappa shape index (κ1) is 9.68. The van der Waals surface area contributed by atoms with Crippen LogP contribution in [0.2, 0.25) is 0 Å². The van der Waals surface area contributed by atoms with E-state index in [0.29, 0.717) is 0 Å². The molecule has 0 aliphatic carbocycles. The third-order valence-corrected chi connectivity index (χ3v) is 1.81. The highest BCUT2D eigenvalue weighted by molar-refractivity contribution is 5.58. The molecule has 0 aromatic carbocycles. The number of ether oxygens (including phenoxy) is 1. The van der Waals surface area contributed by atoms with Gasteiger partial charge in [0.2, 0.25) is 0 Å². The zero-order valence-corrected chi connectivity index (χ0v) is 7.96. The predicted molar refractivity (Wildman–Crippen MR) is 47.1 cm³/mol. The molecule has 1 heterocycles. The Hall–Kier alpha value is -0.410. The van der Waals surface area contributed by atoms with Crippen LogP contribution < -0.4 is 5.32 Å². The third kappa shape index (κ3) is 2.91. The van der Waals surface area contributed by atoms with Gasteiger partial charge in [0.15, 0.2) is 0 Å². The van der Waals surface area contributed by atoms with E-state index < -0.39 is 0 Å². The number of hydrogen-bond acceptors (Lipinski definition) is 3. The lowest BCUT2D eigenvalue weighted by Gasteiger charge is -2.24. The van der Waals surface area contributed by atoms with E-state index in [1.165, 1.54) is 0 Å². The summed E-state index contributed by atoms with van der Waals surface area (Å²) in [6.45, 7) is 6.88. The molecule has 0 aromatic rings.